The van der Waals surface area contributed by atoms with E-state index in [9.17, 15) is 0 Å². The molecule has 2 aromatic carbocycles. The summed E-state index contributed by atoms with van der Waals surface area (Å²) in [5.41, 5.74) is 3.46. The first-order valence-corrected chi connectivity index (χ1v) is 9.48. The number of rotatable bonds is 8. The summed E-state index contributed by atoms with van der Waals surface area (Å²) in [6.45, 7) is 0.308. The van der Waals surface area contributed by atoms with Gasteiger partial charge in [0.2, 0.25) is 0 Å². The molecule has 29 heavy (non-hydrogen) atoms. The number of halogens is 1. The van der Waals surface area contributed by atoms with Crippen molar-refractivity contribution in [3.05, 3.63) is 82.1 Å². The SMILES string of the molecule is COc1cc(COc2c(Cl)ccnc2CCc2ccc(C#N)cc2)cc(OC)c1. The number of nitriles is 1. The number of ether oxygens (including phenoxy) is 3. The molecule has 0 atom stereocenters. The molecule has 0 N–H and O–H groups in total. The number of aryl methyl sites for hydroxylation is 2. The Morgan fingerprint density at radius 3 is 2.24 bits per heavy atom. The molecule has 3 aromatic rings. The maximum atomic E-state index is 8.92. The molecule has 0 spiro atoms. The lowest BCUT2D eigenvalue weighted by molar-refractivity contribution is 0.299. The van der Waals surface area contributed by atoms with Crippen molar-refractivity contribution in [2.24, 2.45) is 0 Å². The molecule has 0 saturated heterocycles. The lowest BCUT2D eigenvalue weighted by Gasteiger charge is -2.14. The number of benzene rings is 2. The highest BCUT2D eigenvalue weighted by Crippen LogP contribution is 2.30. The number of nitrogens with zero attached hydrogens (tertiary/aromatic N) is 2. The predicted molar refractivity (Wildman–Crippen MR) is 112 cm³/mol. The highest BCUT2D eigenvalue weighted by atomic mass is 35.5. The standard InChI is InChI=1S/C23H21ClN2O3/c1-27-19-11-18(12-20(13-19)28-2)15-29-23-21(24)9-10-26-22(23)8-7-16-3-5-17(14-25)6-4-16/h3-6,9-13H,7-8,15H2,1-2H3. The van der Waals surface area contributed by atoms with Gasteiger partial charge < -0.3 is 14.2 Å². The maximum absolute atomic E-state index is 8.92. The molecule has 0 unspecified atom stereocenters. The van der Waals surface area contributed by atoms with Crippen LogP contribution in [0.2, 0.25) is 5.02 Å². The van der Waals surface area contributed by atoms with Gasteiger partial charge in [-0.2, -0.15) is 5.26 Å². The van der Waals surface area contributed by atoms with Crippen molar-refractivity contribution in [2.45, 2.75) is 19.4 Å². The van der Waals surface area contributed by atoms with Gasteiger partial charge >= 0.3 is 0 Å². The van der Waals surface area contributed by atoms with Crippen molar-refractivity contribution in [1.82, 2.24) is 4.98 Å². The molecular weight excluding hydrogens is 388 g/mol. The molecule has 0 radical (unpaired) electrons. The molecular formula is C23H21ClN2O3. The molecule has 0 aliphatic carbocycles. The van der Waals surface area contributed by atoms with E-state index in [-0.39, 0.29) is 0 Å². The summed E-state index contributed by atoms with van der Waals surface area (Å²) in [7, 11) is 3.22. The second kappa shape index (κ2) is 9.81. The zero-order valence-corrected chi connectivity index (χ0v) is 17.1. The van der Waals surface area contributed by atoms with E-state index in [1.54, 1.807) is 26.5 Å². The van der Waals surface area contributed by atoms with Crippen molar-refractivity contribution in [2.75, 3.05) is 14.2 Å². The number of methoxy groups -OCH3 is 2. The number of pyridine rings is 1. The van der Waals surface area contributed by atoms with Crippen LogP contribution in [0.3, 0.4) is 0 Å². The lowest BCUT2D eigenvalue weighted by Crippen LogP contribution is -2.03. The van der Waals surface area contributed by atoms with Gasteiger partial charge in [0.25, 0.3) is 0 Å². The van der Waals surface area contributed by atoms with Crippen LogP contribution in [0.4, 0.5) is 0 Å². The molecule has 6 heteroatoms. The van der Waals surface area contributed by atoms with E-state index >= 15 is 0 Å². The Balaban J connectivity index is 1.73. The van der Waals surface area contributed by atoms with Crippen molar-refractivity contribution in [3.8, 4) is 23.3 Å². The van der Waals surface area contributed by atoms with Crippen molar-refractivity contribution >= 4 is 11.6 Å². The number of hydrogen-bond donors (Lipinski definition) is 0. The Kier molecular flexibility index (Phi) is 6.94. The lowest BCUT2D eigenvalue weighted by atomic mass is 10.1. The third-order valence-corrected chi connectivity index (χ3v) is 4.76. The molecule has 0 saturated carbocycles. The van der Waals surface area contributed by atoms with Gasteiger partial charge in [-0.1, -0.05) is 23.7 Å². The van der Waals surface area contributed by atoms with Gasteiger partial charge in [0, 0.05) is 12.3 Å². The minimum Gasteiger partial charge on any atom is -0.497 e. The Morgan fingerprint density at radius 1 is 0.931 bits per heavy atom. The van der Waals surface area contributed by atoms with Crippen LogP contribution in [0.5, 0.6) is 17.2 Å². The Labute approximate surface area is 175 Å². The first-order valence-electron chi connectivity index (χ1n) is 9.10. The largest absolute Gasteiger partial charge is 0.497 e. The average molecular weight is 409 g/mol. The van der Waals surface area contributed by atoms with E-state index in [1.165, 1.54) is 0 Å². The molecule has 1 aromatic heterocycles. The molecule has 148 valence electrons. The van der Waals surface area contributed by atoms with Gasteiger partial charge in [0.15, 0.2) is 5.75 Å². The Bertz CT molecular complexity index is 991. The van der Waals surface area contributed by atoms with Gasteiger partial charge in [-0.25, -0.2) is 0 Å². The van der Waals surface area contributed by atoms with Crippen molar-refractivity contribution in [3.63, 3.8) is 0 Å². The fraction of sp³-hybridized carbons (Fsp3) is 0.217. The zero-order valence-electron chi connectivity index (χ0n) is 16.3. The highest BCUT2D eigenvalue weighted by molar-refractivity contribution is 6.32. The maximum Gasteiger partial charge on any atom is 0.159 e. The Morgan fingerprint density at radius 2 is 1.62 bits per heavy atom. The van der Waals surface area contributed by atoms with E-state index in [0.29, 0.717) is 40.9 Å². The average Bonchev–Trinajstić information content (AvgIpc) is 2.77. The monoisotopic (exact) mass is 408 g/mol. The summed E-state index contributed by atoms with van der Waals surface area (Å²) in [4.78, 5) is 4.46. The summed E-state index contributed by atoms with van der Waals surface area (Å²) in [6.07, 6.45) is 3.11. The zero-order chi connectivity index (χ0) is 20.6. The van der Waals surface area contributed by atoms with Gasteiger partial charge in [0.1, 0.15) is 18.1 Å². The summed E-state index contributed by atoms with van der Waals surface area (Å²) < 4.78 is 16.6. The summed E-state index contributed by atoms with van der Waals surface area (Å²) in [6, 6.07) is 17.0. The number of hydrogen-bond acceptors (Lipinski definition) is 5. The quantitative estimate of drug-likeness (QED) is 0.525. The smallest absolute Gasteiger partial charge is 0.159 e. The first-order chi connectivity index (χ1) is 14.1. The third-order valence-electron chi connectivity index (χ3n) is 4.46. The predicted octanol–water partition coefficient (Wildman–Crippen LogP) is 4.99. The van der Waals surface area contributed by atoms with E-state index in [0.717, 1.165) is 23.2 Å². The van der Waals surface area contributed by atoms with Crippen LogP contribution >= 0.6 is 11.6 Å². The number of aromatic nitrogens is 1. The van der Waals surface area contributed by atoms with Crippen LogP contribution in [0.1, 0.15) is 22.4 Å². The highest BCUT2D eigenvalue weighted by Gasteiger charge is 2.12. The fourth-order valence-corrected chi connectivity index (χ4v) is 3.13. The van der Waals surface area contributed by atoms with Crippen LogP contribution in [0.25, 0.3) is 0 Å². The van der Waals surface area contributed by atoms with Crippen LogP contribution in [-0.2, 0) is 19.4 Å². The van der Waals surface area contributed by atoms with Crippen LogP contribution in [0.15, 0.2) is 54.7 Å². The van der Waals surface area contributed by atoms with Crippen LogP contribution < -0.4 is 14.2 Å². The van der Waals surface area contributed by atoms with E-state index < -0.39 is 0 Å². The first kappa shape index (κ1) is 20.5. The van der Waals surface area contributed by atoms with E-state index in [4.69, 9.17) is 31.1 Å². The third kappa shape index (κ3) is 5.40. The fourth-order valence-electron chi connectivity index (χ4n) is 2.91. The van der Waals surface area contributed by atoms with Gasteiger partial charge in [-0.3, -0.25) is 4.98 Å². The molecule has 3 rings (SSSR count). The second-order valence-corrected chi connectivity index (χ2v) is 6.79. The summed E-state index contributed by atoms with van der Waals surface area (Å²) >= 11 is 6.38. The minimum absolute atomic E-state index is 0.308. The van der Waals surface area contributed by atoms with Crippen LogP contribution in [-0.4, -0.2) is 19.2 Å². The minimum atomic E-state index is 0.308. The van der Waals surface area contributed by atoms with Gasteiger partial charge in [0.05, 0.1) is 36.6 Å². The summed E-state index contributed by atoms with van der Waals surface area (Å²) in [5.74, 6) is 1.96. The summed E-state index contributed by atoms with van der Waals surface area (Å²) in [5, 5.41) is 9.43. The van der Waals surface area contributed by atoms with Gasteiger partial charge in [-0.15, -0.1) is 0 Å². The van der Waals surface area contributed by atoms with Crippen molar-refractivity contribution < 1.29 is 14.2 Å². The molecule has 0 aliphatic heterocycles. The van der Waals surface area contributed by atoms with Crippen molar-refractivity contribution in [1.29, 1.82) is 5.26 Å². The van der Waals surface area contributed by atoms with E-state index in [2.05, 4.69) is 11.1 Å². The second-order valence-electron chi connectivity index (χ2n) is 6.39. The normalized spacial score (nSPS) is 10.3. The molecule has 0 fully saturated rings. The molecule has 1 heterocycles. The Hall–Kier alpha value is -3.23. The topological polar surface area (TPSA) is 64.4 Å². The molecule has 5 nitrogen and oxygen atoms in total. The van der Waals surface area contributed by atoms with Crippen LogP contribution in [0, 0.1) is 11.3 Å². The van der Waals surface area contributed by atoms with Gasteiger partial charge in [-0.05, 0) is 54.3 Å². The molecule has 0 aliphatic rings. The molecule has 0 amide bonds. The van der Waals surface area contributed by atoms with E-state index in [1.807, 2.05) is 42.5 Å². The molecule has 0 bridgehead atoms.